The lowest BCUT2D eigenvalue weighted by Crippen LogP contribution is -2.37. The summed E-state index contributed by atoms with van der Waals surface area (Å²) in [5.74, 6) is 0.135. The summed E-state index contributed by atoms with van der Waals surface area (Å²) in [7, 11) is 1.71. The summed E-state index contributed by atoms with van der Waals surface area (Å²) in [6.45, 7) is 2.34. The van der Waals surface area contributed by atoms with E-state index in [2.05, 4.69) is 9.88 Å². The molecule has 1 saturated heterocycles. The number of fused-ring (bicyclic) bond motifs is 1. The lowest BCUT2D eigenvalue weighted by atomic mass is 9.97. The Hall–Kier alpha value is -1.88. The fraction of sp³-hybridized carbons (Fsp3) is 0.438. The molecular weight excluding hydrogens is 269 g/mol. The zero-order valence-corrected chi connectivity index (χ0v) is 12.2. The number of benzene rings is 1. The predicted octanol–water partition coefficient (Wildman–Crippen LogP) is 2.82. The first-order valence-corrected chi connectivity index (χ1v) is 7.27. The minimum Gasteiger partial charge on any atom is -0.398 e. The number of hydrogen-bond donors (Lipinski definition) is 1. The van der Waals surface area contributed by atoms with Crippen LogP contribution in [0.2, 0.25) is 0 Å². The van der Waals surface area contributed by atoms with Gasteiger partial charge in [0, 0.05) is 37.5 Å². The highest BCUT2D eigenvalue weighted by Crippen LogP contribution is 2.34. The number of nitrogens with zero attached hydrogens (tertiary/aromatic N) is 2. The Balaban J connectivity index is 2.03. The van der Waals surface area contributed by atoms with Crippen LogP contribution in [0.4, 0.5) is 15.8 Å². The second-order valence-corrected chi connectivity index (χ2v) is 5.61. The number of rotatable bonds is 3. The van der Waals surface area contributed by atoms with Crippen LogP contribution in [0, 0.1) is 11.7 Å². The van der Waals surface area contributed by atoms with E-state index < -0.39 is 0 Å². The van der Waals surface area contributed by atoms with Gasteiger partial charge in [0.15, 0.2) is 5.82 Å². The Bertz CT molecular complexity index is 645. The molecule has 2 N–H and O–H groups in total. The normalized spacial score (nSPS) is 19.1. The van der Waals surface area contributed by atoms with Crippen LogP contribution in [0.3, 0.4) is 0 Å². The molecule has 2 aromatic rings. The van der Waals surface area contributed by atoms with Crippen LogP contribution in [0.25, 0.3) is 10.9 Å². The second kappa shape index (κ2) is 5.85. The number of halogens is 1. The lowest BCUT2D eigenvalue weighted by Gasteiger charge is -2.34. The third kappa shape index (κ3) is 2.65. The van der Waals surface area contributed by atoms with E-state index in [1.807, 2.05) is 12.1 Å². The molecule has 1 aliphatic rings. The van der Waals surface area contributed by atoms with Crippen LogP contribution in [-0.2, 0) is 4.74 Å². The molecular formula is C16H20FN3O. The van der Waals surface area contributed by atoms with Gasteiger partial charge < -0.3 is 15.4 Å². The maximum Gasteiger partial charge on any atom is 0.150 e. The van der Waals surface area contributed by atoms with E-state index in [-0.39, 0.29) is 5.82 Å². The van der Waals surface area contributed by atoms with Crippen molar-refractivity contribution in [2.24, 2.45) is 5.92 Å². The minimum atomic E-state index is -0.295. The van der Waals surface area contributed by atoms with Gasteiger partial charge in [-0.15, -0.1) is 0 Å². The zero-order valence-electron chi connectivity index (χ0n) is 12.2. The standard InChI is InChI=1S/C16H20FN3O/c1-21-10-11-4-3-7-20(9-11)16-13(17)8-14(18)12-5-2-6-19-15(12)16/h2,5-6,8,11H,3-4,7,9-10,18H2,1H3. The van der Waals surface area contributed by atoms with Crippen molar-refractivity contribution >= 4 is 22.3 Å². The summed E-state index contributed by atoms with van der Waals surface area (Å²) in [6.07, 6.45) is 3.83. The molecule has 1 unspecified atom stereocenters. The van der Waals surface area contributed by atoms with Crippen LogP contribution >= 0.6 is 0 Å². The van der Waals surface area contributed by atoms with E-state index in [0.717, 1.165) is 31.3 Å². The van der Waals surface area contributed by atoms with E-state index in [1.54, 1.807) is 13.3 Å². The molecule has 1 aromatic heterocycles. The van der Waals surface area contributed by atoms with Gasteiger partial charge in [-0.3, -0.25) is 4.98 Å². The first-order chi connectivity index (χ1) is 10.2. The monoisotopic (exact) mass is 289 g/mol. The molecule has 0 spiro atoms. The van der Waals surface area contributed by atoms with Gasteiger partial charge in [0.25, 0.3) is 0 Å². The summed E-state index contributed by atoms with van der Waals surface area (Å²) >= 11 is 0. The van der Waals surface area contributed by atoms with Gasteiger partial charge in [-0.25, -0.2) is 4.39 Å². The molecule has 1 aromatic carbocycles. The molecule has 3 rings (SSSR count). The molecule has 21 heavy (non-hydrogen) atoms. The third-order valence-corrected chi connectivity index (χ3v) is 4.09. The smallest absolute Gasteiger partial charge is 0.150 e. The van der Waals surface area contributed by atoms with Crippen LogP contribution in [0.5, 0.6) is 0 Å². The highest BCUT2D eigenvalue weighted by molar-refractivity contribution is 5.98. The van der Waals surface area contributed by atoms with Crippen molar-refractivity contribution in [3.63, 3.8) is 0 Å². The van der Waals surface area contributed by atoms with Gasteiger partial charge in [0.1, 0.15) is 0 Å². The van der Waals surface area contributed by atoms with Gasteiger partial charge in [-0.2, -0.15) is 0 Å². The van der Waals surface area contributed by atoms with E-state index in [4.69, 9.17) is 10.5 Å². The molecule has 112 valence electrons. The molecule has 0 radical (unpaired) electrons. The number of aromatic nitrogens is 1. The molecule has 1 atom stereocenters. The van der Waals surface area contributed by atoms with Gasteiger partial charge >= 0.3 is 0 Å². The number of methoxy groups -OCH3 is 1. The summed E-state index contributed by atoms with van der Waals surface area (Å²) in [6, 6.07) is 5.11. The number of pyridine rings is 1. The molecule has 0 saturated carbocycles. The first kappa shape index (κ1) is 14.1. The van der Waals surface area contributed by atoms with E-state index in [9.17, 15) is 4.39 Å². The number of nitrogen functional groups attached to an aromatic ring is 1. The fourth-order valence-electron chi connectivity index (χ4n) is 3.16. The highest BCUT2D eigenvalue weighted by Gasteiger charge is 2.24. The number of anilines is 2. The van der Waals surface area contributed by atoms with Crippen LogP contribution < -0.4 is 10.6 Å². The summed E-state index contributed by atoms with van der Waals surface area (Å²) in [4.78, 5) is 6.44. The number of ether oxygens (including phenoxy) is 1. The van der Waals surface area contributed by atoms with Crippen LogP contribution in [0.15, 0.2) is 24.4 Å². The highest BCUT2D eigenvalue weighted by atomic mass is 19.1. The third-order valence-electron chi connectivity index (χ3n) is 4.09. The number of nitrogens with two attached hydrogens (primary N) is 1. The van der Waals surface area contributed by atoms with Gasteiger partial charge in [-0.1, -0.05) is 0 Å². The minimum absolute atomic E-state index is 0.295. The predicted molar refractivity (Wildman–Crippen MR) is 82.9 cm³/mol. The van der Waals surface area contributed by atoms with Crippen molar-refractivity contribution in [1.82, 2.24) is 4.98 Å². The van der Waals surface area contributed by atoms with Crippen LogP contribution in [0.1, 0.15) is 12.8 Å². The Morgan fingerprint density at radius 1 is 1.52 bits per heavy atom. The molecule has 0 aliphatic carbocycles. The van der Waals surface area contributed by atoms with Crippen molar-refractivity contribution in [3.05, 3.63) is 30.2 Å². The summed E-state index contributed by atoms with van der Waals surface area (Å²) < 4.78 is 19.7. The lowest BCUT2D eigenvalue weighted by molar-refractivity contribution is 0.143. The Labute approximate surface area is 123 Å². The Morgan fingerprint density at radius 3 is 3.19 bits per heavy atom. The van der Waals surface area contributed by atoms with E-state index in [0.29, 0.717) is 29.4 Å². The first-order valence-electron chi connectivity index (χ1n) is 7.27. The fourth-order valence-corrected chi connectivity index (χ4v) is 3.16. The average Bonchev–Trinajstić information content (AvgIpc) is 2.48. The maximum absolute atomic E-state index is 14.5. The molecule has 0 amide bonds. The van der Waals surface area contributed by atoms with Crippen molar-refractivity contribution < 1.29 is 9.13 Å². The van der Waals surface area contributed by atoms with Crippen molar-refractivity contribution in [2.45, 2.75) is 12.8 Å². The van der Waals surface area contributed by atoms with Gasteiger partial charge in [0.05, 0.1) is 17.8 Å². The van der Waals surface area contributed by atoms with Gasteiger partial charge in [-0.05, 0) is 37.0 Å². The molecule has 1 aliphatic heterocycles. The molecule has 2 heterocycles. The van der Waals surface area contributed by atoms with Gasteiger partial charge in [0.2, 0.25) is 0 Å². The van der Waals surface area contributed by atoms with E-state index >= 15 is 0 Å². The number of hydrogen-bond acceptors (Lipinski definition) is 4. The quantitative estimate of drug-likeness (QED) is 0.883. The van der Waals surface area contributed by atoms with Crippen molar-refractivity contribution in [1.29, 1.82) is 0 Å². The molecule has 4 nitrogen and oxygen atoms in total. The average molecular weight is 289 g/mol. The summed E-state index contributed by atoms with van der Waals surface area (Å²) in [5.41, 5.74) is 7.56. The SMILES string of the molecule is COCC1CCCN(c2c(F)cc(N)c3cccnc23)C1. The largest absolute Gasteiger partial charge is 0.398 e. The van der Waals surface area contributed by atoms with Crippen molar-refractivity contribution in [2.75, 3.05) is 37.4 Å². The Kier molecular flexibility index (Phi) is 3.92. The topological polar surface area (TPSA) is 51.4 Å². The molecule has 1 fully saturated rings. The zero-order chi connectivity index (χ0) is 14.8. The Morgan fingerprint density at radius 2 is 2.38 bits per heavy atom. The summed E-state index contributed by atoms with van der Waals surface area (Å²) in [5, 5.41) is 0.808. The molecule has 5 heteroatoms. The number of piperidine rings is 1. The van der Waals surface area contributed by atoms with Crippen molar-refractivity contribution in [3.8, 4) is 0 Å². The second-order valence-electron chi connectivity index (χ2n) is 5.61. The van der Waals surface area contributed by atoms with E-state index in [1.165, 1.54) is 6.07 Å². The van der Waals surface area contributed by atoms with Crippen LogP contribution in [-0.4, -0.2) is 31.8 Å². The maximum atomic E-state index is 14.5. The molecule has 0 bridgehead atoms.